The van der Waals surface area contributed by atoms with Crippen LogP contribution in [0, 0.1) is 46.3 Å². The summed E-state index contributed by atoms with van der Waals surface area (Å²) >= 11 is 0. The number of rotatable bonds is 8. The molecule has 4 fully saturated rings. The molecule has 0 saturated heterocycles. The van der Waals surface area contributed by atoms with Crippen LogP contribution in [0.1, 0.15) is 105 Å². The minimum Gasteiger partial charge on any atom is -0.393 e. The van der Waals surface area contributed by atoms with Crippen LogP contribution in [0.2, 0.25) is 0 Å². The summed E-state index contributed by atoms with van der Waals surface area (Å²) in [6, 6.07) is -0.0874. The highest BCUT2D eigenvalue weighted by molar-refractivity contribution is 7.85. The molecule has 6 nitrogen and oxygen atoms in total. The maximum Gasteiger partial charge on any atom is 0.266 e. The molecule has 0 aromatic carbocycles. The monoisotopic (exact) mass is 525 g/mol. The van der Waals surface area contributed by atoms with Gasteiger partial charge in [0, 0.05) is 19.0 Å². The first-order valence-corrected chi connectivity index (χ1v) is 16.3. The molecule has 1 amide bonds. The van der Waals surface area contributed by atoms with E-state index in [4.69, 9.17) is 4.55 Å². The Kier molecular flexibility index (Phi) is 8.26. The van der Waals surface area contributed by atoms with E-state index < -0.39 is 15.9 Å². The zero-order chi connectivity index (χ0) is 26.5. The van der Waals surface area contributed by atoms with Crippen LogP contribution in [0.5, 0.6) is 0 Å². The summed E-state index contributed by atoms with van der Waals surface area (Å²) in [4.78, 5) is 14.6. The number of hydrogen-bond acceptors (Lipinski definition) is 4. The fourth-order valence-electron chi connectivity index (χ4n) is 9.79. The van der Waals surface area contributed by atoms with Gasteiger partial charge in [0.05, 0.1) is 11.9 Å². The van der Waals surface area contributed by atoms with Crippen LogP contribution in [0.25, 0.3) is 0 Å². The second-order valence-corrected chi connectivity index (χ2v) is 15.4. The van der Waals surface area contributed by atoms with Crippen molar-refractivity contribution in [2.24, 2.45) is 46.3 Å². The highest BCUT2D eigenvalue weighted by atomic mass is 32.2. The predicted molar refractivity (Wildman–Crippen MR) is 143 cm³/mol. The van der Waals surface area contributed by atoms with E-state index in [0.29, 0.717) is 35.0 Å². The quantitative estimate of drug-likeness (QED) is 0.405. The maximum atomic E-state index is 13.0. The topological polar surface area (TPSA) is 94.9 Å². The molecule has 4 aliphatic rings. The van der Waals surface area contributed by atoms with Crippen molar-refractivity contribution in [2.75, 3.05) is 12.3 Å². The van der Waals surface area contributed by atoms with Gasteiger partial charge in [-0.15, -0.1) is 0 Å². The molecule has 4 saturated carbocycles. The molecule has 0 aromatic rings. The highest BCUT2D eigenvalue weighted by Crippen LogP contribution is 2.68. The SMILES string of the molecule is CC(CCC(=O)N(CCS(=O)(=O)O)C(C)C)C1CCC2C3CCC4CC(O)CCC4(C)C3CCC12C. The van der Waals surface area contributed by atoms with Crippen molar-refractivity contribution >= 4 is 16.0 Å². The molecule has 0 bridgehead atoms. The van der Waals surface area contributed by atoms with E-state index >= 15 is 0 Å². The lowest BCUT2D eigenvalue weighted by molar-refractivity contribution is -0.134. The Hall–Kier alpha value is -0.660. The minimum atomic E-state index is -4.08. The average Bonchev–Trinajstić information content (AvgIpc) is 3.14. The van der Waals surface area contributed by atoms with Crippen LogP contribution < -0.4 is 0 Å². The molecule has 4 aliphatic carbocycles. The van der Waals surface area contributed by atoms with Crippen molar-refractivity contribution in [3.05, 3.63) is 0 Å². The van der Waals surface area contributed by atoms with E-state index in [-0.39, 0.29) is 24.6 Å². The molecular weight excluding hydrogens is 474 g/mol. The molecule has 4 rings (SSSR count). The standard InChI is InChI=1S/C29H51NO5S/c1-19(2)30(16-17-36(33,34)35)27(32)11-6-20(3)24-9-10-25-23-8-7-21-18-22(31)12-14-28(21,4)26(23)13-15-29(24,25)5/h19-26,31H,6-18H2,1-5H3,(H,33,34,35). The molecule has 0 heterocycles. The summed E-state index contributed by atoms with van der Waals surface area (Å²) in [7, 11) is -4.08. The van der Waals surface area contributed by atoms with E-state index in [1.807, 2.05) is 13.8 Å². The zero-order valence-electron chi connectivity index (χ0n) is 23.3. The highest BCUT2D eigenvalue weighted by Gasteiger charge is 2.60. The molecule has 2 N–H and O–H groups in total. The molecule has 0 radical (unpaired) electrons. The number of carbonyl (C=O) groups excluding carboxylic acids is 1. The van der Waals surface area contributed by atoms with Crippen molar-refractivity contribution in [1.29, 1.82) is 0 Å². The predicted octanol–water partition coefficient (Wildman–Crippen LogP) is 5.55. The number of aliphatic hydroxyl groups excluding tert-OH is 1. The molecule has 9 unspecified atom stereocenters. The number of fused-ring (bicyclic) bond motifs is 5. The van der Waals surface area contributed by atoms with Gasteiger partial charge >= 0.3 is 0 Å². The lowest BCUT2D eigenvalue weighted by Crippen LogP contribution is -2.54. The van der Waals surface area contributed by atoms with Gasteiger partial charge in [0.15, 0.2) is 0 Å². The number of amides is 1. The molecule has 36 heavy (non-hydrogen) atoms. The van der Waals surface area contributed by atoms with Crippen molar-refractivity contribution in [3.8, 4) is 0 Å². The fraction of sp³-hybridized carbons (Fsp3) is 0.966. The summed E-state index contributed by atoms with van der Waals surface area (Å²) in [6.07, 6.45) is 12.2. The van der Waals surface area contributed by atoms with Crippen molar-refractivity contribution in [2.45, 2.75) is 117 Å². The maximum absolute atomic E-state index is 13.0. The van der Waals surface area contributed by atoms with Crippen molar-refractivity contribution in [3.63, 3.8) is 0 Å². The number of carbonyl (C=O) groups is 1. The third kappa shape index (κ3) is 5.40. The Bertz CT molecular complexity index is 905. The first-order valence-electron chi connectivity index (χ1n) is 14.7. The van der Waals surface area contributed by atoms with Gasteiger partial charge in [0.1, 0.15) is 0 Å². The van der Waals surface area contributed by atoms with Crippen LogP contribution in [0.4, 0.5) is 0 Å². The van der Waals surface area contributed by atoms with E-state index in [0.717, 1.165) is 37.0 Å². The smallest absolute Gasteiger partial charge is 0.266 e. The lowest BCUT2D eigenvalue weighted by atomic mass is 9.44. The van der Waals surface area contributed by atoms with Crippen LogP contribution >= 0.6 is 0 Å². The molecule has 0 spiro atoms. The van der Waals surface area contributed by atoms with Crippen molar-refractivity contribution in [1.82, 2.24) is 4.90 Å². The molecule has 208 valence electrons. The summed E-state index contributed by atoms with van der Waals surface area (Å²) in [5.41, 5.74) is 0.756. The molecule has 7 heteroatoms. The molecular formula is C29H51NO5S. The second kappa shape index (κ2) is 10.5. The van der Waals surface area contributed by atoms with Crippen LogP contribution in [0.15, 0.2) is 0 Å². The van der Waals surface area contributed by atoms with Gasteiger partial charge in [0.25, 0.3) is 10.1 Å². The third-order valence-electron chi connectivity index (χ3n) is 11.7. The van der Waals surface area contributed by atoms with Gasteiger partial charge in [-0.1, -0.05) is 20.8 Å². The Morgan fingerprint density at radius 2 is 1.64 bits per heavy atom. The van der Waals surface area contributed by atoms with Crippen LogP contribution in [-0.2, 0) is 14.9 Å². The normalized spacial score (nSPS) is 41.3. The van der Waals surface area contributed by atoms with E-state index in [1.165, 1.54) is 44.9 Å². The second-order valence-electron chi connectivity index (χ2n) is 13.8. The first-order chi connectivity index (χ1) is 16.8. The summed E-state index contributed by atoms with van der Waals surface area (Å²) in [6.45, 7) is 11.3. The van der Waals surface area contributed by atoms with Gasteiger partial charge in [-0.05, 0) is 124 Å². The largest absolute Gasteiger partial charge is 0.393 e. The third-order valence-corrected chi connectivity index (χ3v) is 12.4. The van der Waals surface area contributed by atoms with Gasteiger partial charge < -0.3 is 10.0 Å². The minimum absolute atomic E-state index is 0.00496. The van der Waals surface area contributed by atoms with Gasteiger partial charge in [-0.3, -0.25) is 9.35 Å². The van der Waals surface area contributed by atoms with E-state index in [9.17, 15) is 18.3 Å². The zero-order valence-corrected chi connectivity index (χ0v) is 24.1. The summed E-state index contributed by atoms with van der Waals surface area (Å²) in [5, 5.41) is 10.3. The van der Waals surface area contributed by atoms with E-state index in [2.05, 4.69) is 20.8 Å². The summed E-state index contributed by atoms with van der Waals surface area (Å²) in [5.74, 6) is 3.79. The fourth-order valence-corrected chi connectivity index (χ4v) is 10.2. The van der Waals surface area contributed by atoms with Gasteiger partial charge in [0.2, 0.25) is 5.91 Å². The Labute approximate surface area is 219 Å². The number of hydrogen-bond donors (Lipinski definition) is 2. The van der Waals surface area contributed by atoms with Crippen LogP contribution in [0.3, 0.4) is 0 Å². The summed E-state index contributed by atoms with van der Waals surface area (Å²) < 4.78 is 31.5. The molecule has 9 atom stereocenters. The average molecular weight is 526 g/mol. The van der Waals surface area contributed by atoms with E-state index in [1.54, 1.807) is 4.90 Å². The number of nitrogens with zero attached hydrogens (tertiary/aromatic N) is 1. The van der Waals surface area contributed by atoms with Crippen LogP contribution in [-0.4, -0.2) is 53.3 Å². The molecule has 0 aliphatic heterocycles. The first kappa shape index (κ1) is 28.4. The van der Waals surface area contributed by atoms with Gasteiger partial charge in [-0.2, -0.15) is 8.42 Å². The Morgan fingerprint density at radius 3 is 2.31 bits per heavy atom. The Morgan fingerprint density at radius 1 is 0.972 bits per heavy atom. The Balaban J connectivity index is 1.38. The molecule has 0 aromatic heterocycles. The van der Waals surface area contributed by atoms with Crippen molar-refractivity contribution < 1.29 is 22.9 Å². The van der Waals surface area contributed by atoms with Gasteiger partial charge in [-0.25, -0.2) is 0 Å². The lowest BCUT2D eigenvalue weighted by Gasteiger charge is -2.61. The number of aliphatic hydroxyl groups is 1.